The van der Waals surface area contributed by atoms with E-state index in [1.807, 2.05) is 12.1 Å². The maximum atomic E-state index is 15.2. The number of benzene rings is 4. The van der Waals surface area contributed by atoms with E-state index in [9.17, 15) is 22.0 Å². The highest BCUT2D eigenvalue weighted by Crippen LogP contribution is 2.34. The highest BCUT2D eigenvalue weighted by atomic mass is 19.4. The molecule has 0 heterocycles. The maximum absolute atomic E-state index is 15.2. The van der Waals surface area contributed by atoms with Gasteiger partial charge in [-0.2, -0.15) is 13.2 Å². The molecule has 38 heavy (non-hydrogen) atoms. The van der Waals surface area contributed by atoms with Crippen LogP contribution in [0.15, 0.2) is 66.7 Å². The molecule has 0 aliphatic heterocycles. The van der Waals surface area contributed by atoms with Crippen molar-refractivity contribution in [2.45, 2.75) is 44.7 Å². The molecule has 0 aliphatic rings. The van der Waals surface area contributed by atoms with Gasteiger partial charge < -0.3 is 4.74 Å². The van der Waals surface area contributed by atoms with E-state index in [-0.39, 0.29) is 18.4 Å². The summed E-state index contributed by atoms with van der Waals surface area (Å²) in [7, 11) is 1.70. The Labute approximate surface area is 218 Å². The van der Waals surface area contributed by atoms with Gasteiger partial charge in [0.1, 0.15) is 23.0 Å². The van der Waals surface area contributed by atoms with Crippen LogP contribution in [0.25, 0.3) is 10.8 Å². The van der Waals surface area contributed by atoms with Crippen LogP contribution in [-0.4, -0.2) is 13.7 Å². The van der Waals surface area contributed by atoms with Crippen LogP contribution in [0.1, 0.15) is 39.8 Å². The highest BCUT2D eigenvalue weighted by molar-refractivity contribution is 5.84. The molecule has 4 rings (SSSR count). The molecule has 7 heteroatoms. The van der Waals surface area contributed by atoms with Crippen molar-refractivity contribution in [3.05, 3.63) is 118 Å². The molecule has 0 saturated heterocycles. The standard InChI is InChI=1S/C31H28F6O/c1-38-16-2-3-20-4-6-21(7-5-20)8-9-22-11-15-26-25(17-22)14-13-24(30(26)34)12-10-23-18-27(32)29(28(33)19-23)31(35,36)37/h4-7,11,13-15,17-19H,2-3,8-10,12,16H2,1H3. The van der Waals surface area contributed by atoms with Crippen LogP contribution in [0.5, 0.6) is 0 Å². The summed E-state index contributed by atoms with van der Waals surface area (Å²) < 4.78 is 86.4. The number of rotatable bonds is 10. The van der Waals surface area contributed by atoms with Gasteiger partial charge in [0.25, 0.3) is 0 Å². The van der Waals surface area contributed by atoms with Gasteiger partial charge in [-0.05, 0) is 83.9 Å². The summed E-state index contributed by atoms with van der Waals surface area (Å²) in [4.78, 5) is 0. The molecule has 0 spiro atoms. The normalized spacial score (nSPS) is 11.9. The van der Waals surface area contributed by atoms with Crippen LogP contribution in [0.4, 0.5) is 26.3 Å². The van der Waals surface area contributed by atoms with Crippen LogP contribution >= 0.6 is 0 Å². The minimum atomic E-state index is -5.12. The molecule has 4 aromatic carbocycles. The lowest BCUT2D eigenvalue weighted by atomic mass is 9.96. The molecular formula is C31H28F6O. The highest BCUT2D eigenvalue weighted by Gasteiger charge is 2.37. The Morgan fingerprint density at radius 3 is 1.84 bits per heavy atom. The van der Waals surface area contributed by atoms with Gasteiger partial charge in [-0.3, -0.25) is 0 Å². The summed E-state index contributed by atoms with van der Waals surface area (Å²) in [6.07, 6.45) is -1.42. The first kappa shape index (κ1) is 27.7. The van der Waals surface area contributed by atoms with E-state index in [1.165, 1.54) is 11.1 Å². The molecule has 0 aromatic heterocycles. The Kier molecular flexibility index (Phi) is 8.77. The van der Waals surface area contributed by atoms with Crippen LogP contribution in [0, 0.1) is 17.5 Å². The third-order valence-corrected chi connectivity index (χ3v) is 6.71. The fraction of sp³-hybridized carbons (Fsp3) is 0.290. The first-order chi connectivity index (χ1) is 18.2. The van der Waals surface area contributed by atoms with Crippen molar-refractivity contribution in [3.8, 4) is 0 Å². The van der Waals surface area contributed by atoms with E-state index in [0.717, 1.165) is 43.2 Å². The Hall–Kier alpha value is -3.32. The smallest absolute Gasteiger partial charge is 0.385 e. The van der Waals surface area contributed by atoms with Crippen LogP contribution in [0.3, 0.4) is 0 Å². The average molecular weight is 531 g/mol. The zero-order chi connectivity index (χ0) is 27.3. The topological polar surface area (TPSA) is 9.23 Å². The van der Waals surface area contributed by atoms with Crippen molar-refractivity contribution in [2.75, 3.05) is 13.7 Å². The van der Waals surface area contributed by atoms with Crippen LogP contribution < -0.4 is 0 Å². The van der Waals surface area contributed by atoms with E-state index in [1.54, 1.807) is 25.3 Å². The van der Waals surface area contributed by atoms with Crippen molar-refractivity contribution < 1.29 is 31.1 Å². The zero-order valence-electron chi connectivity index (χ0n) is 21.0. The number of hydrogen-bond acceptors (Lipinski definition) is 1. The van der Waals surface area contributed by atoms with E-state index >= 15 is 4.39 Å². The third-order valence-electron chi connectivity index (χ3n) is 6.71. The second-order valence-corrected chi connectivity index (χ2v) is 9.44. The lowest BCUT2D eigenvalue weighted by molar-refractivity contribution is -0.142. The molecular weight excluding hydrogens is 502 g/mol. The molecule has 0 radical (unpaired) electrons. The van der Waals surface area contributed by atoms with Gasteiger partial charge in [0, 0.05) is 19.1 Å². The molecule has 1 nitrogen and oxygen atoms in total. The predicted octanol–water partition coefficient (Wildman–Crippen LogP) is 8.43. The molecule has 0 saturated carbocycles. The summed E-state index contributed by atoms with van der Waals surface area (Å²) in [5.41, 5.74) is 2.02. The molecule has 4 aromatic rings. The predicted molar refractivity (Wildman–Crippen MR) is 137 cm³/mol. The van der Waals surface area contributed by atoms with Crippen molar-refractivity contribution >= 4 is 10.8 Å². The van der Waals surface area contributed by atoms with Gasteiger partial charge in [0.05, 0.1) is 0 Å². The lowest BCUT2D eigenvalue weighted by Gasteiger charge is -2.12. The summed E-state index contributed by atoms with van der Waals surface area (Å²) in [6.45, 7) is 0.741. The average Bonchev–Trinajstić information content (AvgIpc) is 2.87. The monoisotopic (exact) mass is 530 g/mol. The minimum Gasteiger partial charge on any atom is -0.385 e. The minimum absolute atomic E-state index is 0.00232. The first-order valence-electron chi connectivity index (χ1n) is 12.5. The van der Waals surface area contributed by atoms with E-state index in [0.29, 0.717) is 23.1 Å². The van der Waals surface area contributed by atoms with Gasteiger partial charge >= 0.3 is 6.18 Å². The summed E-state index contributed by atoms with van der Waals surface area (Å²) in [5, 5.41) is 1.17. The molecule has 0 aliphatic carbocycles. The Morgan fingerprint density at radius 2 is 1.21 bits per heavy atom. The molecule has 200 valence electrons. The summed E-state index contributed by atoms with van der Waals surface area (Å²) in [5.74, 6) is -3.78. The number of fused-ring (bicyclic) bond motifs is 1. The summed E-state index contributed by atoms with van der Waals surface area (Å²) in [6, 6.07) is 18.8. The van der Waals surface area contributed by atoms with Gasteiger partial charge in [0.2, 0.25) is 0 Å². The van der Waals surface area contributed by atoms with Crippen LogP contribution in [0.2, 0.25) is 0 Å². The summed E-state index contributed by atoms with van der Waals surface area (Å²) >= 11 is 0. The molecule has 0 atom stereocenters. The molecule has 0 fully saturated rings. The van der Waals surface area contributed by atoms with Gasteiger partial charge in [-0.15, -0.1) is 0 Å². The molecule has 0 unspecified atom stereocenters. The van der Waals surface area contributed by atoms with E-state index in [4.69, 9.17) is 4.74 Å². The molecule has 0 bridgehead atoms. The SMILES string of the molecule is COCCCc1ccc(CCc2ccc3c(F)c(CCc4cc(F)c(C(F)(F)F)c(F)c4)ccc3c2)cc1. The third kappa shape index (κ3) is 6.76. The Bertz CT molecular complexity index is 1370. The number of methoxy groups -OCH3 is 1. The first-order valence-corrected chi connectivity index (χ1v) is 12.5. The van der Waals surface area contributed by atoms with Crippen molar-refractivity contribution in [2.24, 2.45) is 0 Å². The second kappa shape index (κ2) is 12.0. The lowest BCUT2D eigenvalue weighted by Crippen LogP contribution is -2.12. The van der Waals surface area contributed by atoms with Crippen LogP contribution in [-0.2, 0) is 43.0 Å². The van der Waals surface area contributed by atoms with Crippen molar-refractivity contribution in [1.82, 2.24) is 0 Å². The van der Waals surface area contributed by atoms with E-state index in [2.05, 4.69) is 24.3 Å². The number of ether oxygens (including phenoxy) is 1. The number of aryl methyl sites for hydroxylation is 5. The fourth-order valence-electron chi connectivity index (χ4n) is 4.64. The number of halogens is 6. The van der Waals surface area contributed by atoms with Crippen molar-refractivity contribution in [3.63, 3.8) is 0 Å². The fourth-order valence-corrected chi connectivity index (χ4v) is 4.64. The second-order valence-electron chi connectivity index (χ2n) is 9.44. The van der Waals surface area contributed by atoms with Gasteiger partial charge in [-0.25, -0.2) is 13.2 Å². The van der Waals surface area contributed by atoms with Crippen molar-refractivity contribution in [1.29, 1.82) is 0 Å². The maximum Gasteiger partial charge on any atom is 0.422 e. The molecule has 0 amide bonds. The zero-order valence-corrected chi connectivity index (χ0v) is 21.0. The number of alkyl halides is 3. The molecule has 0 N–H and O–H groups in total. The largest absolute Gasteiger partial charge is 0.422 e. The number of hydrogen-bond donors (Lipinski definition) is 0. The quantitative estimate of drug-likeness (QED) is 0.148. The Balaban J connectivity index is 1.40. The van der Waals surface area contributed by atoms with E-state index < -0.39 is 29.2 Å². The van der Waals surface area contributed by atoms with Gasteiger partial charge in [-0.1, -0.05) is 54.6 Å². The van der Waals surface area contributed by atoms with Gasteiger partial charge in [0.15, 0.2) is 0 Å². The Morgan fingerprint density at radius 1 is 0.632 bits per heavy atom.